The highest BCUT2D eigenvalue weighted by atomic mass is 16.5. The van der Waals surface area contributed by atoms with Crippen LogP contribution in [0.25, 0.3) is 22.8 Å². The van der Waals surface area contributed by atoms with Gasteiger partial charge in [-0.05, 0) is 25.1 Å². The summed E-state index contributed by atoms with van der Waals surface area (Å²) in [5.41, 5.74) is 3.25. The Kier molecular flexibility index (Phi) is 4.67. The number of aryl methyl sites for hydroxylation is 1. The fourth-order valence-corrected chi connectivity index (χ4v) is 2.33. The molecule has 0 radical (unpaired) electrons. The molecule has 0 spiro atoms. The maximum Gasteiger partial charge on any atom is 0.260 e. The fourth-order valence-electron chi connectivity index (χ4n) is 2.33. The van der Waals surface area contributed by atoms with E-state index >= 15 is 0 Å². The minimum Gasteiger partial charge on any atom is -0.375 e. The lowest BCUT2D eigenvalue weighted by Gasteiger charge is -2.07. The number of ether oxygens (including phenoxy) is 1. The lowest BCUT2D eigenvalue weighted by Crippen LogP contribution is -2.17. The molecule has 0 atom stereocenters. The number of anilines is 1. The molecule has 122 valence electrons. The molecule has 1 aromatic heterocycles. The van der Waals surface area contributed by atoms with E-state index in [1.54, 1.807) is 6.07 Å². The summed E-state index contributed by atoms with van der Waals surface area (Å²) < 4.78 is 10.2. The smallest absolute Gasteiger partial charge is 0.260 e. The second-order valence-corrected chi connectivity index (χ2v) is 5.32. The first kappa shape index (κ1) is 15.9. The van der Waals surface area contributed by atoms with Crippen LogP contribution in [0, 0.1) is 6.92 Å². The van der Waals surface area contributed by atoms with Crippen LogP contribution in [0.1, 0.15) is 5.56 Å². The Hall–Kier alpha value is -2.99. The molecule has 1 N–H and O–H groups in total. The molecule has 24 heavy (non-hydrogen) atoms. The van der Waals surface area contributed by atoms with Gasteiger partial charge in [0.2, 0.25) is 11.7 Å². The van der Waals surface area contributed by atoms with Crippen molar-refractivity contribution >= 4 is 11.6 Å². The van der Waals surface area contributed by atoms with E-state index < -0.39 is 0 Å². The SMILES string of the molecule is COCC(=O)Nc1ccccc1-c1nc(-c2cccc(C)c2)no1. The Morgan fingerprint density at radius 3 is 2.83 bits per heavy atom. The Labute approximate surface area is 139 Å². The van der Waals surface area contributed by atoms with Gasteiger partial charge in [0.05, 0.1) is 11.3 Å². The lowest BCUT2D eigenvalue weighted by molar-refractivity contribution is -0.119. The minimum atomic E-state index is -0.247. The van der Waals surface area contributed by atoms with E-state index in [1.807, 2.05) is 49.4 Å². The van der Waals surface area contributed by atoms with Crippen molar-refractivity contribution in [2.45, 2.75) is 6.92 Å². The number of benzene rings is 2. The van der Waals surface area contributed by atoms with Crippen LogP contribution in [-0.4, -0.2) is 29.8 Å². The third-order valence-corrected chi connectivity index (χ3v) is 3.41. The zero-order valence-corrected chi connectivity index (χ0v) is 13.4. The summed E-state index contributed by atoms with van der Waals surface area (Å²) in [7, 11) is 1.47. The Bertz CT molecular complexity index is 858. The summed E-state index contributed by atoms with van der Waals surface area (Å²) >= 11 is 0. The molecule has 6 heteroatoms. The van der Waals surface area contributed by atoms with Gasteiger partial charge in [0.1, 0.15) is 6.61 Å². The van der Waals surface area contributed by atoms with Gasteiger partial charge in [0.25, 0.3) is 5.89 Å². The number of methoxy groups -OCH3 is 1. The van der Waals surface area contributed by atoms with E-state index in [4.69, 9.17) is 9.26 Å². The van der Waals surface area contributed by atoms with Gasteiger partial charge in [-0.3, -0.25) is 4.79 Å². The molecule has 1 heterocycles. The summed E-state index contributed by atoms with van der Waals surface area (Å²) in [6, 6.07) is 15.1. The number of carbonyl (C=O) groups is 1. The van der Waals surface area contributed by atoms with Crippen LogP contribution >= 0.6 is 0 Å². The van der Waals surface area contributed by atoms with Crippen LogP contribution in [0.2, 0.25) is 0 Å². The molecule has 0 bridgehead atoms. The predicted octanol–water partition coefficient (Wildman–Crippen LogP) is 3.30. The topological polar surface area (TPSA) is 77.2 Å². The molecule has 3 aromatic rings. The number of nitrogens with one attached hydrogen (secondary N) is 1. The molecule has 0 unspecified atom stereocenters. The largest absolute Gasteiger partial charge is 0.375 e. The summed E-state index contributed by atoms with van der Waals surface area (Å²) in [6.07, 6.45) is 0. The second kappa shape index (κ2) is 7.06. The van der Waals surface area contributed by atoms with Crippen LogP contribution in [0.3, 0.4) is 0 Å². The molecule has 0 saturated carbocycles. The zero-order chi connectivity index (χ0) is 16.9. The van der Waals surface area contributed by atoms with Crippen LogP contribution in [0.15, 0.2) is 53.1 Å². The molecule has 1 amide bonds. The van der Waals surface area contributed by atoms with Crippen LogP contribution in [0.4, 0.5) is 5.69 Å². The zero-order valence-electron chi connectivity index (χ0n) is 13.4. The highest BCUT2D eigenvalue weighted by molar-refractivity contribution is 5.95. The van der Waals surface area contributed by atoms with Gasteiger partial charge in [-0.2, -0.15) is 4.98 Å². The van der Waals surface area contributed by atoms with Crippen molar-refractivity contribution in [1.82, 2.24) is 10.1 Å². The number of rotatable bonds is 5. The van der Waals surface area contributed by atoms with Gasteiger partial charge in [0, 0.05) is 12.7 Å². The molecule has 3 rings (SSSR count). The summed E-state index contributed by atoms with van der Waals surface area (Å²) in [5, 5.41) is 6.81. The van der Waals surface area contributed by atoms with Crippen LogP contribution < -0.4 is 5.32 Å². The molecular weight excluding hydrogens is 306 g/mol. The van der Waals surface area contributed by atoms with E-state index in [1.165, 1.54) is 7.11 Å². The number of aromatic nitrogens is 2. The van der Waals surface area contributed by atoms with Gasteiger partial charge in [-0.15, -0.1) is 0 Å². The quantitative estimate of drug-likeness (QED) is 0.779. The molecule has 2 aromatic carbocycles. The maximum absolute atomic E-state index is 11.8. The monoisotopic (exact) mass is 323 g/mol. The first-order chi connectivity index (χ1) is 11.7. The molecule has 0 aliphatic heterocycles. The highest BCUT2D eigenvalue weighted by Crippen LogP contribution is 2.28. The maximum atomic E-state index is 11.8. The van der Waals surface area contributed by atoms with Crippen molar-refractivity contribution in [2.24, 2.45) is 0 Å². The van der Waals surface area contributed by atoms with Crippen molar-refractivity contribution in [3.8, 4) is 22.8 Å². The molecule has 0 aliphatic carbocycles. The minimum absolute atomic E-state index is 0.0211. The average molecular weight is 323 g/mol. The van der Waals surface area contributed by atoms with Gasteiger partial charge in [-0.1, -0.05) is 41.1 Å². The van der Waals surface area contributed by atoms with E-state index in [-0.39, 0.29) is 12.5 Å². The number of amides is 1. The third kappa shape index (κ3) is 3.49. The number of hydrogen-bond acceptors (Lipinski definition) is 5. The summed E-state index contributed by atoms with van der Waals surface area (Å²) in [5.74, 6) is 0.606. The Balaban J connectivity index is 1.92. The standard InChI is InChI=1S/C18H17N3O3/c1-12-6-5-7-13(10-12)17-20-18(24-21-17)14-8-3-4-9-15(14)19-16(22)11-23-2/h3-10H,11H2,1-2H3,(H,19,22). The number of hydrogen-bond donors (Lipinski definition) is 1. The summed E-state index contributed by atoms with van der Waals surface area (Å²) in [6.45, 7) is 1.98. The van der Waals surface area contributed by atoms with Gasteiger partial charge in [0.15, 0.2) is 0 Å². The first-order valence-electron chi connectivity index (χ1n) is 7.46. The van der Waals surface area contributed by atoms with Gasteiger partial charge < -0.3 is 14.6 Å². The van der Waals surface area contributed by atoms with E-state index in [9.17, 15) is 4.79 Å². The highest BCUT2D eigenvalue weighted by Gasteiger charge is 2.15. The van der Waals surface area contributed by atoms with E-state index in [2.05, 4.69) is 15.5 Å². The molecule has 0 aliphatic rings. The Morgan fingerprint density at radius 1 is 1.21 bits per heavy atom. The van der Waals surface area contributed by atoms with Crippen molar-refractivity contribution in [2.75, 3.05) is 19.0 Å². The normalized spacial score (nSPS) is 10.6. The third-order valence-electron chi connectivity index (χ3n) is 3.41. The predicted molar refractivity (Wildman–Crippen MR) is 90.4 cm³/mol. The van der Waals surface area contributed by atoms with E-state index in [0.717, 1.165) is 11.1 Å². The average Bonchev–Trinajstić information content (AvgIpc) is 3.05. The van der Waals surface area contributed by atoms with Crippen LogP contribution in [0.5, 0.6) is 0 Å². The van der Waals surface area contributed by atoms with Crippen LogP contribution in [-0.2, 0) is 9.53 Å². The number of para-hydroxylation sites is 1. The molecule has 0 fully saturated rings. The van der Waals surface area contributed by atoms with Crippen molar-refractivity contribution in [3.63, 3.8) is 0 Å². The summed E-state index contributed by atoms with van der Waals surface area (Å²) in [4.78, 5) is 16.2. The molecule has 6 nitrogen and oxygen atoms in total. The lowest BCUT2D eigenvalue weighted by atomic mass is 10.1. The van der Waals surface area contributed by atoms with Crippen molar-refractivity contribution in [3.05, 3.63) is 54.1 Å². The first-order valence-corrected chi connectivity index (χ1v) is 7.46. The second-order valence-electron chi connectivity index (χ2n) is 5.32. The number of nitrogens with zero attached hydrogens (tertiary/aromatic N) is 2. The fraction of sp³-hybridized carbons (Fsp3) is 0.167. The van der Waals surface area contributed by atoms with Gasteiger partial charge >= 0.3 is 0 Å². The molecule has 0 saturated heterocycles. The molecular formula is C18H17N3O3. The van der Waals surface area contributed by atoms with Crippen molar-refractivity contribution < 1.29 is 14.1 Å². The Morgan fingerprint density at radius 2 is 2.04 bits per heavy atom. The van der Waals surface area contributed by atoms with Crippen molar-refractivity contribution in [1.29, 1.82) is 0 Å². The van der Waals surface area contributed by atoms with E-state index in [0.29, 0.717) is 23.0 Å². The van der Waals surface area contributed by atoms with Gasteiger partial charge in [-0.25, -0.2) is 0 Å². The number of carbonyl (C=O) groups excluding carboxylic acids is 1.